The Labute approximate surface area is 130 Å². The van der Waals surface area contributed by atoms with Gasteiger partial charge in [0.1, 0.15) is 0 Å². The Bertz CT molecular complexity index is 721. The van der Waals surface area contributed by atoms with Gasteiger partial charge in [0, 0.05) is 37.9 Å². The Balaban J connectivity index is 1.82. The summed E-state index contributed by atoms with van der Waals surface area (Å²) in [4.78, 5) is 3.25. The third-order valence-electron chi connectivity index (χ3n) is 3.04. The van der Waals surface area contributed by atoms with Crippen LogP contribution in [0.15, 0.2) is 48.7 Å². The van der Waals surface area contributed by atoms with Gasteiger partial charge in [-0.25, -0.2) is 0 Å². The molecule has 0 amide bonds. The number of fused-ring (bicyclic) bond motifs is 1. The monoisotopic (exact) mass is 382 g/mol. The van der Waals surface area contributed by atoms with E-state index in [0.29, 0.717) is 0 Å². The van der Waals surface area contributed by atoms with E-state index in [-0.39, 0.29) is 0 Å². The van der Waals surface area contributed by atoms with E-state index in [1.807, 2.05) is 18.3 Å². The number of H-pyrrole nitrogens is 1. The molecule has 0 atom stereocenters. The molecule has 0 aliphatic rings. The lowest BCUT2D eigenvalue weighted by Crippen LogP contribution is -1.98. The second-order valence-electron chi connectivity index (χ2n) is 4.37. The van der Waals surface area contributed by atoms with E-state index in [1.165, 1.54) is 14.5 Å². The summed E-state index contributed by atoms with van der Waals surface area (Å²) in [6.07, 6.45) is 2.03. The van der Waals surface area contributed by atoms with Crippen molar-refractivity contribution in [1.29, 1.82) is 0 Å². The molecule has 0 aliphatic carbocycles. The van der Waals surface area contributed by atoms with Crippen LogP contribution in [-0.4, -0.2) is 4.98 Å². The van der Waals surface area contributed by atoms with E-state index in [4.69, 9.17) is 11.6 Å². The van der Waals surface area contributed by atoms with Crippen molar-refractivity contribution in [2.45, 2.75) is 6.54 Å². The van der Waals surface area contributed by atoms with Crippen molar-refractivity contribution in [2.75, 3.05) is 5.32 Å². The predicted octanol–water partition coefficient (Wildman–Crippen LogP) is 5.04. The maximum Gasteiger partial charge on any atom is 0.0472 e. The number of aromatic nitrogens is 1. The summed E-state index contributed by atoms with van der Waals surface area (Å²) in [5.74, 6) is 0. The molecule has 96 valence electrons. The fourth-order valence-electron chi connectivity index (χ4n) is 2.10. The van der Waals surface area contributed by atoms with Gasteiger partial charge in [-0.2, -0.15) is 0 Å². The number of hydrogen-bond acceptors (Lipinski definition) is 1. The lowest BCUT2D eigenvalue weighted by molar-refractivity contribution is 1.16. The van der Waals surface area contributed by atoms with Crippen molar-refractivity contribution >= 4 is 50.8 Å². The van der Waals surface area contributed by atoms with Crippen LogP contribution in [0.25, 0.3) is 10.9 Å². The van der Waals surface area contributed by atoms with Crippen LogP contribution < -0.4 is 5.32 Å². The highest BCUT2D eigenvalue weighted by atomic mass is 127. The number of hydrogen-bond donors (Lipinski definition) is 2. The number of halogens is 2. The highest BCUT2D eigenvalue weighted by Gasteiger charge is 2.04. The van der Waals surface area contributed by atoms with E-state index < -0.39 is 0 Å². The summed E-state index contributed by atoms with van der Waals surface area (Å²) < 4.78 is 1.23. The van der Waals surface area contributed by atoms with Crippen molar-refractivity contribution in [2.24, 2.45) is 0 Å². The largest absolute Gasteiger partial charge is 0.381 e. The zero-order valence-corrected chi connectivity index (χ0v) is 13.0. The lowest BCUT2D eigenvalue weighted by atomic mass is 10.2. The lowest BCUT2D eigenvalue weighted by Gasteiger charge is -2.06. The van der Waals surface area contributed by atoms with Gasteiger partial charge in [-0.15, -0.1) is 0 Å². The molecule has 2 aromatic carbocycles. The first-order valence-corrected chi connectivity index (χ1v) is 7.43. The minimum atomic E-state index is 0.756. The van der Waals surface area contributed by atoms with Crippen molar-refractivity contribution in [3.8, 4) is 0 Å². The van der Waals surface area contributed by atoms with Gasteiger partial charge >= 0.3 is 0 Å². The molecule has 0 bridgehead atoms. The van der Waals surface area contributed by atoms with Crippen molar-refractivity contribution in [1.82, 2.24) is 4.98 Å². The van der Waals surface area contributed by atoms with Gasteiger partial charge in [-0.3, -0.25) is 0 Å². The van der Waals surface area contributed by atoms with Crippen LogP contribution in [0.4, 0.5) is 5.69 Å². The minimum absolute atomic E-state index is 0.756. The average molecular weight is 383 g/mol. The number of nitrogens with one attached hydrogen (secondary N) is 2. The fraction of sp³-hybridized carbons (Fsp3) is 0.0667. The first-order chi connectivity index (χ1) is 9.22. The van der Waals surface area contributed by atoms with Crippen LogP contribution in [0.2, 0.25) is 5.02 Å². The molecule has 0 spiro atoms. The smallest absolute Gasteiger partial charge is 0.0472 e. The molecule has 0 unspecified atom stereocenters. The fourth-order valence-corrected chi connectivity index (χ4v) is 2.82. The third kappa shape index (κ3) is 2.87. The molecule has 3 rings (SSSR count). The van der Waals surface area contributed by atoms with Gasteiger partial charge in [0.25, 0.3) is 0 Å². The third-order valence-corrected chi connectivity index (χ3v) is 3.94. The first-order valence-electron chi connectivity index (χ1n) is 5.97. The molecule has 0 aliphatic heterocycles. The quantitative estimate of drug-likeness (QED) is 0.610. The molecule has 1 aromatic heterocycles. The maximum atomic E-state index is 5.98. The van der Waals surface area contributed by atoms with Gasteiger partial charge < -0.3 is 10.3 Å². The second-order valence-corrected chi connectivity index (χ2v) is 6.05. The molecule has 1 heterocycles. The normalized spacial score (nSPS) is 10.8. The number of benzene rings is 2. The Morgan fingerprint density at radius 3 is 2.89 bits per heavy atom. The van der Waals surface area contributed by atoms with Gasteiger partial charge in [0.05, 0.1) is 0 Å². The van der Waals surface area contributed by atoms with Gasteiger partial charge in [-0.05, 0) is 58.5 Å². The van der Waals surface area contributed by atoms with Crippen LogP contribution in [0.3, 0.4) is 0 Å². The van der Waals surface area contributed by atoms with Crippen LogP contribution in [-0.2, 0) is 6.54 Å². The molecule has 0 radical (unpaired) electrons. The summed E-state index contributed by atoms with van der Waals surface area (Å²) in [6.45, 7) is 0.793. The molecule has 4 heteroatoms. The predicted molar refractivity (Wildman–Crippen MR) is 89.8 cm³/mol. The van der Waals surface area contributed by atoms with Crippen molar-refractivity contribution in [3.63, 3.8) is 0 Å². The first kappa shape index (κ1) is 12.8. The Hall–Kier alpha value is -1.20. The summed E-state index contributed by atoms with van der Waals surface area (Å²) >= 11 is 8.30. The molecule has 0 saturated carbocycles. The maximum absolute atomic E-state index is 5.98. The molecule has 3 aromatic rings. The number of aromatic amines is 1. The topological polar surface area (TPSA) is 27.8 Å². The Kier molecular flexibility index (Phi) is 3.66. The van der Waals surface area contributed by atoms with Crippen LogP contribution in [0.1, 0.15) is 5.56 Å². The number of rotatable bonds is 3. The summed E-state index contributed by atoms with van der Waals surface area (Å²) in [7, 11) is 0. The molecular weight excluding hydrogens is 371 g/mol. The second kappa shape index (κ2) is 5.43. The Morgan fingerprint density at radius 2 is 2.05 bits per heavy atom. The van der Waals surface area contributed by atoms with Crippen LogP contribution in [0.5, 0.6) is 0 Å². The van der Waals surface area contributed by atoms with E-state index >= 15 is 0 Å². The molecule has 2 N–H and O–H groups in total. The van der Waals surface area contributed by atoms with E-state index in [9.17, 15) is 0 Å². The zero-order valence-electron chi connectivity index (χ0n) is 10.1. The highest BCUT2D eigenvalue weighted by Crippen LogP contribution is 2.23. The summed E-state index contributed by atoms with van der Waals surface area (Å²) in [6, 6.07) is 14.3. The molecular formula is C15H12ClIN2. The van der Waals surface area contributed by atoms with E-state index in [0.717, 1.165) is 22.8 Å². The summed E-state index contributed by atoms with van der Waals surface area (Å²) in [5.41, 5.74) is 3.45. The zero-order chi connectivity index (χ0) is 13.2. The van der Waals surface area contributed by atoms with Crippen LogP contribution in [0, 0.1) is 3.57 Å². The molecule has 0 saturated heterocycles. The summed E-state index contributed by atoms with van der Waals surface area (Å²) in [5, 5.41) is 5.40. The SMILES string of the molecule is Clc1ccc2c(CNc3cccc(I)c3)c[nH]c2c1. The number of anilines is 1. The van der Waals surface area contributed by atoms with Gasteiger partial charge in [0.15, 0.2) is 0 Å². The molecule has 0 fully saturated rings. The van der Waals surface area contributed by atoms with E-state index in [1.54, 1.807) is 0 Å². The minimum Gasteiger partial charge on any atom is -0.381 e. The standard InChI is InChI=1S/C15H12ClIN2/c16-11-4-5-14-10(9-19-15(14)6-11)8-18-13-3-1-2-12(17)7-13/h1-7,9,18-19H,8H2. The molecule has 2 nitrogen and oxygen atoms in total. The Morgan fingerprint density at radius 1 is 1.16 bits per heavy atom. The van der Waals surface area contributed by atoms with Crippen molar-refractivity contribution < 1.29 is 0 Å². The van der Waals surface area contributed by atoms with Crippen LogP contribution >= 0.6 is 34.2 Å². The van der Waals surface area contributed by atoms with Gasteiger partial charge in [-0.1, -0.05) is 23.7 Å². The van der Waals surface area contributed by atoms with E-state index in [2.05, 4.69) is 63.2 Å². The van der Waals surface area contributed by atoms with Crippen molar-refractivity contribution in [3.05, 3.63) is 62.8 Å². The average Bonchev–Trinajstić information content (AvgIpc) is 2.78. The highest BCUT2D eigenvalue weighted by molar-refractivity contribution is 14.1. The molecule has 19 heavy (non-hydrogen) atoms. The van der Waals surface area contributed by atoms with Gasteiger partial charge in [0.2, 0.25) is 0 Å².